The van der Waals surface area contributed by atoms with Gasteiger partial charge in [-0.15, -0.1) is 0 Å². The molecule has 0 saturated carbocycles. The van der Waals surface area contributed by atoms with Gasteiger partial charge in [-0.1, -0.05) is 106 Å². The molecule has 0 fully saturated rings. The van der Waals surface area contributed by atoms with Gasteiger partial charge in [-0.05, 0) is 34.6 Å². The SMILES string of the molecule is C/C(=N\NC(=O)C1=NNC(c2ccccc2)(c2ccccc2)C1)c1ccc(C(C)(C)C)cc1. The van der Waals surface area contributed by atoms with Crippen LogP contribution in [0.4, 0.5) is 0 Å². The lowest BCUT2D eigenvalue weighted by molar-refractivity contribution is -0.114. The number of benzene rings is 3. The van der Waals surface area contributed by atoms with Gasteiger partial charge in [-0.25, -0.2) is 5.43 Å². The zero-order valence-electron chi connectivity index (χ0n) is 19.6. The van der Waals surface area contributed by atoms with Crippen molar-refractivity contribution >= 4 is 17.3 Å². The molecule has 0 aliphatic carbocycles. The summed E-state index contributed by atoms with van der Waals surface area (Å²) in [6, 6.07) is 28.5. The minimum absolute atomic E-state index is 0.0927. The molecule has 1 aliphatic rings. The molecule has 0 bridgehead atoms. The second kappa shape index (κ2) is 9.02. The maximum atomic E-state index is 12.9. The van der Waals surface area contributed by atoms with Crippen LogP contribution in [0.15, 0.2) is 95.1 Å². The first-order valence-corrected chi connectivity index (χ1v) is 11.2. The molecule has 0 atom stereocenters. The molecular formula is C28H30N4O. The summed E-state index contributed by atoms with van der Waals surface area (Å²) in [4.78, 5) is 12.9. The van der Waals surface area contributed by atoms with Gasteiger partial charge in [0.05, 0.1) is 5.71 Å². The third-order valence-electron chi connectivity index (χ3n) is 6.10. The van der Waals surface area contributed by atoms with Gasteiger partial charge in [0, 0.05) is 6.42 Å². The first kappa shape index (κ1) is 22.5. The van der Waals surface area contributed by atoms with E-state index >= 15 is 0 Å². The monoisotopic (exact) mass is 438 g/mol. The van der Waals surface area contributed by atoms with E-state index in [1.807, 2.05) is 55.5 Å². The van der Waals surface area contributed by atoms with Gasteiger partial charge >= 0.3 is 0 Å². The predicted octanol–water partition coefficient (Wildman–Crippen LogP) is 5.12. The summed E-state index contributed by atoms with van der Waals surface area (Å²) in [5.41, 5.74) is 10.9. The van der Waals surface area contributed by atoms with Crippen LogP contribution in [0.1, 0.15) is 56.4 Å². The van der Waals surface area contributed by atoms with Crippen molar-refractivity contribution in [1.82, 2.24) is 10.9 Å². The summed E-state index contributed by atoms with van der Waals surface area (Å²) < 4.78 is 0. The number of hydrogen-bond donors (Lipinski definition) is 2. The molecule has 0 aromatic heterocycles. The van der Waals surface area contributed by atoms with Gasteiger partial charge in [0.25, 0.3) is 5.91 Å². The van der Waals surface area contributed by atoms with E-state index in [1.165, 1.54) is 5.56 Å². The van der Waals surface area contributed by atoms with Crippen LogP contribution in [-0.4, -0.2) is 17.3 Å². The number of hydrogen-bond acceptors (Lipinski definition) is 4. The average Bonchev–Trinajstić information content (AvgIpc) is 3.30. The van der Waals surface area contributed by atoms with Gasteiger partial charge in [-0.3, -0.25) is 10.2 Å². The minimum Gasteiger partial charge on any atom is -0.294 e. The first-order valence-electron chi connectivity index (χ1n) is 11.2. The smallest absolute Gasteiger partial charge is 0.287 e. The maximum Gasteiger partial charge on any atom is 0.287 e. The van der Waals surface area contributed by atoms with E-state index in [2.05, 4.69) is 78.2 Å². The number of carbonyl (C=O) groups is 1. The van der Waals surface area contributed by atoms with Crippen LogP contribution in [0.5, 0.6) is 0 Å². The summed E-state index contributed by atoms with van der Waals surface area (Å²) in [5, 5.41) is 8.75. The van der Waals surface area contributed by atoms with E-state index < -0.39 is 5.54 Å². The van der Waals surface area contributed by atoms with Crippen LogP contribution < -0.4 is 10.9 Å². The maximum absolute atomic E-state index is 12.9. The molecule has 1 aliphatic heterocycles. The molecule has 3 aromatic carbocycles. The summed E-state index contributed by atoms with van der Waals surface area (Å²) in [5.74, 6) is -0.304. The Kier molecular flexibility index (Phi) is 6.14. The average molecular weight is 439 g/mol. The van der Waals surface area contributed by atoms with Gasteiger partial charge in [0.2, 0.25) is 0 Å². The molecule has 5 heteroatoms. The van der Waals surface area contributed by atoms with Gasteiger partial charge in [0.1, 0.15) is 11.3 Å². The molecule has 3 aromatic rings. The molecule has 4 rings (SSSR count). The lowest BCUT2D eigenvalue weighted by Crippen LogP contribution is -2.38. The Morgan fingerprint density at radius 3 is 1.97 bits per heavy atom. The van der Waals surface area contributed by atoms with E-state index in [1.54, 1.807) is 0 Å². The van der Waals surface area contributed by atoms with E-state index in [9.17, 15) is 4.79 Å². The van der Waals surface area contributed by atoms with Gasteiger partial charge in [-0.2, -0.15) is 10.2 Å². The first-order chi connectivity index (χ1) is 15.8. The summed E-state index contributed by atoms with van der Waals surface area (Å²) >= 11 is 0. The lowest BCUT2D eigenvalue weighted by Gasteiger charge is -2.30. The van der Waals surface area contributed by atoms with E-state index in [0.717, 1.165) is 22.4 Å². The topological polar surface area (TPSA) is 65.8 Å². The van der Waals surface area contributed by atoms with Crippen LogP contribution in [0.3, 0.4) is 0 Å². The predicted molar refractivity (Wildman–Crippen MR) is 134 cm³/mol. The van der Waals surface area contributed by atoms with Crippen molar-refractivity contribution in [3.05, 3.63) is 107 Å². The van der Waals surface area contributed by atoms with Crippen LogP contribution in [0.2, 0.25) is 0 Å². The molecule has 2 N–H and O–H groups in total. The molecule has 5 nitrogen and oxygen atoms in total. The molecule has 0 spiro atoms. The fraction of sp³-hybridized carbons (Fsp3) is 0.250. The van der Waals surface area contributed by atoms with Crippen LogP contribution in [0.25, 0.3) is 0 Å². The summed E-state index contributed by atoms with van der Waals surface area (Å²) in [7, 11) is 0. The molecule has 33 heavy (non-hydrogen) atoms. The van der Waals surface area contributed by atoms with Crippen molar-refractivity contribution < 1.29 is 4.79 Å². The fourth-order valence-electron chi connectivity index (χ4n) is 4.04. The number of nitrogens with zero attached hydrogens (tertiary/aromatic N) is 2. The normalized spacial score (nSPS) is 15.5. The molecule has 0 unspecified atom stereocenters. The molecule has 0 radical (unpaired) electrons. The number of amides is 1. The van der Waals surface area contributed by atoms with E-state index in [4.69, 9.17) is 0 Å². The van der Waals surface area contributed by atoms with Crippen LogP contribution in [0, 0.1) is 0 Å². The van der Waals surface area contributed by atoms with Crippen molar-refractivity contribution in [3.63, 3.8) is 0 Å². The zero-order chi connectivity index (χ0) is 23.5. The minimum atomic E-state index is -0.587. The highest BCUT2D eigenvalue weighted by molar-refractivity contribution is 6.39. The van der Waals surface area contributed by atoms with Crippen molar-refractivity contribution in [3.8, 4) is 0 Å². The largest absolute Gasteiger partial charge is 0.294 e. The Balaban J connectivity index is 1.50. The molecule has 1 amide bonds. The lowest BCUT2D eigenvalue weighted by atomic mass is 9.80. The summed E-state index contributed by atoms with van der Waals surface area (Å²) in [6.07, 6.45) is 0.432. The fourth-order valence-corrected chi connectivity index (χ4v) is 4.04. The van der Waals surface area contributed by atoms with Crippen LogP contribution in [-0.2, 0) is 15.7 Å². The van der Waals surface area contributed by atoms with Crippen LogP contribution >= 0.6 is 0 Å². The Bertz CT molecular complexity index is 1130. The van der Waals surface area contributed by atoms with Crippen molar-refractivity contribution in [2.24, 2.45) is 10.2 Å². The standard InChI is InChI=1S/C28H30N4O/c1-20(21-15-17-22(18-16-21)27(2,3)4)29-31-26(33)25-19-28(32-30-25,23-11-7-5-8-12-23)24-13-9-6-10-14-24/h5-18,32H,19H2,1-4H3,(H,31,33)/b29-20+. The Morgan fingerprint density at radius 2 is 1.45 bits per heavy atom. The number of carbonyl (C=O) groups excluding carboxylic acids is 1. The number of nitrogens with one attached hydrogen (secondary N) is 2. The number of hydrazone groups is 2. The third kappa shape index (κ3) is 4.72. The highest BCUT2D eigenvalue weighted by Crippen LogP contribution is 2.36. The highest BCUT2D eigenvalue weighted by atomic mass is 16.2. The van der Waals surface area contributed by atoms with Crippen molar-refractivity contribution in [1.29, 1.82) is 0 Å². The molecule has 1 heterocycles. The molecule has 168 valence electrons. The van der Waals surface area contributed by atoms with Crippen molar-refractivity contribution in [2.75, 3.05) is 0 Å². The highest BCUT2D eigenvalue weighted by Gasteiger charge is 2.41. The Labute approximate surface area is 195 Å². The quantitative estimate of drug-likeness (QED) is 0.429. The van der Waals surface area contributed by atoms with E-state index in [0.29, 0.717) is 12.1 Å². The second-order valence-electron chi connectivity index (χ2n) is 9.45. The summed E-state index contributed by atoms with van der Waals surface area (Å²) in [6.45, 7) is 8.44. The Morgan fingerprint density at radius 1 is 0.909 bits per heavy atom. The third-order valence-corrected chi connectivity index (χ3v) is 6.10. The van der Waals surface area contributed by atoms with E-state index in [-0.39, 0.29) is 11.3 Å². The van der Waals surface area contributed by atoms with Gasteiger partial charge in [0.15, 0.2) is 0 Å². The Hall–Kier alpha value is -3.73. The van der Waals surface area contributed by atoms with Crippen molar-refractivity contribution in [2.45, 2.75) is 45.1 Å². The molecule has 0 saturated heterocycles. The molecular weight excluding hydrogens is 408 g/mol. The zero-order valence-corrected chi connectivity index (χ0v) is 19.6. The van der Waals surface area contributed by atoms with Gasteiger partial charge < -0.3 is 0 Å². The number of rotatable bonds is 5. The second-order valence-corrected chi connectivity index (χ2v) is 9.45.